The molecule has 0 saturated carbocycles. The van der Waals surface area contributed by atoms with Crippen molar-refractivity contribution in [3.05, 3.63) is 0 Å². The van der Waals surface area contributed by atoms with Gasteiger partial charge in [-0.25, -0.2) is 0 Å². The highest BCUT2D eigenvalue weighted by molar-refractivity contribution is 5.89. The van der Waals surface area contributed by atoms with Crippen molar-refractivity contribution in [3.63, 3.8) is 0 Å². The first-order valence-corrected chi connectivity index (χ1v) is 4.44. The van der Waals surface area contributed by atoms with E-state index in [-0.39, 0.29) is 12.3 Å². The third-order valence-corrected chi connectivity index (χ3v) is 1.96. The van der Waals surface area contributed by atoms with Crippen LogP contribution in [0.15, 0.2) is 0 Å². The second-order valence-electron chi connectivity index (χ2n) is 4.18. The molecule has 0 amide bonds. The molecule has 0 aliphatic heterocycles. The molecular weight excluding hydrogens is 168 g/mol. The van der Waals surface area contributed by atoms with Crippen molar-refractivity contribution >= 4 is 5.78 Å². The number of hydrogen-bond acceptors (Lipinski definition) is 4. The Morgan fingerprint density at radius 3 is 2.23 bits per heavy atom. The van der Waals surface area contributed by atoms with Gasteiger partial charge in [-0.3, -0.25) is 4.79 Å². The normalized spacial score (nSPS) is 16.8. The first-order valence-electron chi connectivity index (χ1n) is 4.44. The largest absolute Gasteiger partial charge is 0.390 e. The zero-order chi connectivity index (χ0) is 10.6. The van der Waals surface area contributed by atoms with Crippen molar-refractivity contribution in [2.24, 2.45) is 11.1 Å². The van der Waals surface area contributed by atoms with Crippen molar-refractivity contribution in [1.29, 1.82) is 0 Å². The molecule has 13 heavy (non-hydrogen) atoms. The van der Waals surface area contributed by atoms with Gasteiger partial charge in [-0.1, -0.05) is 20.8 Å². The lowest BCUT2D eigenvalue weighted by atomic mass is 9.84. The lowest BCUT2D eigenvalue weighted by molar-refractivity contribution is -0.130. The number of carbonyl (C=O) groups is 1. The fourth-order valence-corrected chi connectivity index (χ4v) is 1.10. The summed E-state index contributed by atoms with van der Waals surface area (Å²) < 4.78 is 0. The van der Waals surface area contributed by atoms with Crippen LogP contribution in [0.25, 0.3) is 0 Å². The molecule has 4 N–H and O–H groups in total. The first-order chi connectivity index (χ1) is 5.84. The van der Waals surface area contributed by atoms with E-state index in [1.165, 1.54) is 0 Å². The number of nitrogens with one attached hydrogen (secondary N) is 1. The smallest absolute Gasteiger partial charge is 0.157 e. The molecule has 4 heteroatoms. The average Bonchev–Trinajstić information content (AvgIpc) is 2.03. The van der Waals surface area contributed by atoms with E-state index < -0.39 is 17.6 Å². The predicted octanol–water partition coefficient (Wildman–Crippen LogP) is -0.491. The second kappa shape index (κ2) is 4.69. The monoisotopic (exact) mass is 188 g/mol. The highest BCUT2D eigenvalue weighted by atomic mass is 16.3. The van der Waals surface area contributed by atoms with Gasteiger partial charge < -0.3 is 16.2 Å². The summed E-state index contributed by atoms with van der Waals surface area (Å²) in [5.41, 5.74) is 4.83. The molecule has 0 aromatic carbocycles. The van der Waals surface area contributed by atoms with Crippen LogP contribution < -0.4 is 11.1 Å². The Morgan fingerprint density at radius 2 is 2.00 bits per heavy atom. The van der Waals surface area contributed by atoms with Crippen LogP contribution in [0.5, 0.6) is 0 Å². The number of Topliss-reactive ketones (excluding diaryl/α,β-unsaturated/α-hetero) is 1. The molecule has 0 aromatic heterocycles. The van der Waals surface area contributed by atoms with Crippen LogP contribution in [-0.4, -0.2) is 36.6 Å². The second-order valence-corrected chi connectivity index (χ2v) is 4.18. The molecule has 0 bridgehead atoms. The van der Waals surface area contributed by atoms with Crippen LogP contribution in [0.3, 0.4) is 0 Å². The zero-order valence-electron chi connectivity index (χ0n) is 8.79. The number of carbonyl (C=O) groups excluding carboxylic acids is 1. The van der Waals surface area contributed by atoms with Crippen LogP contribution in [0.1, 0.15) is 20.8 Å². The topological polar surface area (TPSA) is 75.3 Å². The Hall–Kier alpha value is -0.450. The quantitative estimate of drug-likeness (QED) is 0.556. The predicted molar refractivity (Wildman–Crippen MR) is 52.4 cm³/mol. The molecule has 0 saturated heterocycles. The Kier molecular flexibility index (Phi) is 4.53. The minimum atomic E-state index is -0.809. The number of likely N-dealkylation sites (N-methyl/N-ethyl adjacent to an activating group) is 1. The third-order valence-electron chi connectivity index (χ3n) is 1.96. The van der Waals surface area contributed by atoms with E-state index in [1.54, 1.807) is 7.05 Å². The summed E-state index contributed by atoms with van der Waals surface area (Å²) >= 11 is 0. The van der Waals surface area contributed by atoms with Crippen LogP contribution in [0.2, 0.25) is 0 Å². The molecule has 0 aliphatic rings. The Morgan fingerprint density at radius 1 is 1.54 bits per heavy atom. The highest BCUT2D eigenvalue weighted by Gasteiger charge is 2.32. The summed E-state index contributed by atoms with van der Waals surface area (Å²) in [5.74, 6) is -0.0204. The van der Waals surface area contributed by atoms with Gasteiger partial charge >= 0.3 is 0 Å². The van der Waals surface area contributed by atoms with E-state index in [4.69, 9.17) is 5.73 Å². The molecule has 0 spiro atoms. The number of ketones is 1. The summed E-state index contributed by atoms with van der Waals surface area (Å²) in [5, 5.41) is 12.2. The number of aliphatic hydroxyl groups is 1. The average molecular weight is 188 g/mol. The van der Waals surface area contributed by atoms with E-state index in [0.717, 1.165) is 0 Å². The Balaban J connectivity index is 4.50. The maximum Gasteiger partial charge on any atom is 0.157 e. The molecule has 0 aliphatic carbocycles. The molecule has 2 atom stereocenters. The maximum atomic E-state index is 11.7. The molecule has 0 radical (unpaired) electrons. The molecular formula is C9H20N2O2. The fraction of sp³-hybridized carbons (Fsp3) is 0.889. The van der Waals surface area contributed by atoms with Crippen molar-refractivity contribution in [2.45, 2.75) is 32.9 Å². The van der Waals surface area contributed by atoms with Crippen LogP contribution >= 0.6 is 0 Å². The molecule has 78 valence electrons. The summed E-state index contributed by atoms with van der Waals surface area (Å²) in [7, 11) is 1.65. The van der Waals surface area contributed by atoms with E-state index in [2.05, 4.69) is 5.32 Å². The molecule has 0 aromatic rings. The van der Waals surface area contributed by atoms with E-state index >= 15 is 0 Å². The van der Waals surface area contributed by atoms with Crippen molar-refractivity contribution in [3.8, 4) is 0 Å². The van der Waals surface area contributed by atoms with Gasteiger partial charge in [-0.05, 0) is 7.05 Å². The SMILES string of the molecule is CNC(C(=O)C(C)(C)C)C(O)CN. The zero-order valence-corrected chi connectivity index (χ0v) is 8.79. The molecule has 2 unspecified atom stereocenters. The van der Waals surface area contributed by atoms with E-state index in [0.29, 0.717) is 0 Å². The number of rotatable bonds is 4. The van der Waals surface area contributed by atoms with E-state index in [1.807, 2.05) is 20.8 Å². The Bertz CT molecular complexity index is 175. The Labute approximate surface area is 79.5 Å². The lowest BCUT2D eigenvalue weighted by Gasteiger charge is -2.27. The fourth-order valence-electron chi connectivity index (χ4n) is 1.10. The van der Waals surface area contributed by atoms with Crippen LogP contribution in [0.4, 0.5) is 0 Å². The van der Waals surface area contributed by atoms with Crippen LogP contribution in [-0.2, 0) is 4.79 Å². The number of hydrogen-bond donors (Lipinski definition) is 3. The minimum absolute atomic E-state index is 0.0204. The highest BCUT2D eigenvalue weighted by Crippen LogP contribution is 2.17. The van der Waals surface area contributed by atoms with E-state index in [9.17, 15) is 9.90 Å². The van der Waals surface area contributed by atoms with Crippen molar-refractivity contribution in [2.75, 3.05) is 13.6 Å². The summed E-state index contributed by atoms with van der Waals surface area (Å²) in [6.07, 6.45) is -0.809. The molecule has 0 rings (SSSR count). The van der Waals surface area contributed by atoms with Crippen LogP contribution in [0, 0.1) is 5.41 Å². The maximum absolute atomic E-state index is 11.7. The van der Waals surface area contributed by atoms with Gasteiger partial charge in [0.2, 0.25) is 0 Å². The van der Waals surface area contributed by atoms with Gasteiger partial charge in [0.1, 0.15) is 0 Å². The van der Waals surface area contributed by atoms with Crippen molar-refractivity contribution < 1.29 is 9.90 Å². The van der Waals surface area contributed by atoms with Crippen molar-refractivity contribution in [1.82, 2.24) is 5.32 Å². The van der Waals surface area contributed by atoms with Gasteiger partial charge in [0.15, 0.2) is 5.78 Å². The van der Waals surface area contributed by atoms with Gasteiger partial charge in [-0.15, -0.1) is 0 Å². The summed E-state index contributed by atoms with van der Waals surface area (Å²) in [4.78, 5) is 11.7. The molecule has 4 nitrogen and oxygen atoms in total. The summed E-state index contributed by atoms with van der Waals surface area (Å²) in [6, 6.07) is -0.565. The van der Waals surface area contributed by atoms with Gasteiger partial charge in [0.25, 0.3) is 0 Å². The molecule has 0 heterocycles. The lowest BCUT2D eigenvalue weighted by Crippen LogP contribution is -2.51. The minimum Gasteiger partial charge on any atom is -0.390 e. The summed E-state index contributed by atoms with van der Waals surface area (Å²) in [6.45, 7) is 5.56. The number of nitrogens with two attached hydrogens (primary N) is 1. The number of aliphatic hydroxyl groups excluding tert-OH is 1. The molecule has 0 fully saturated rings. The van der Waals surface area contributed by atoms with Gasteiger partial charge in [0, 0.05) is 12.0 Å². The first kappa shape index (κ1) is 12.6. The third kappa shape index (κ3) is 3.42. The van der Waals surface area contributed by atoms with Gasteiger partial charge in [-0.2, -0.15) is 0 Å². The standard InChI is InChI=1S/C9H20N2O2/c1-9(2,3)8(13)7(11-4)6(12)5-10/h6-7,11-12H,5,10H2,1-4H3. The van der Waals surface area contributed by atoms with Gasteiger partial charge in [0.05, 0.1) is 12.1 Å².